The Hall–Kier alpha value is -2.66. The van der Waals surface area contributed by atoms with Gasteiger partial charge in [-0.2, -0.15) is 0 Å². The maximum absolute atomic E-state index is 13.1. The molecule has 2 fully saturated rings. The van der Waals surface area contributed by atoms with E-state index in [1.54, 1.807) is 12.1 Å². The van der Waals surface area contributed by atoms with Crippen LogP contribution in [0.1, 0.15) is 38.3 Å². The molecule has 151 valence electrons. The van der Waals surface area contributed by atoms with E-state index in [4.69, 9.17) is 5.73 Å². The SMILES string of the molecule is Cc1cccc(C(N)=O)c1C(=O)N1CC2CN(CC[CH]c3ccccc3)CC2C1. The number of benzene rings is 2. The lowest BCUT2D eigenvalue weighted by Gasteiger charge is -2.23. The van der Waals surface area contributed by atoms with Gasteiger partial charge in [0.2, 0.25) is 5.91 Å². The standard InChI is InChI=1S/C24H28N3O2/c1-17-7-5-11-21(23(25)28)22(17)24(29)27-15-19-13-26(14-20(19)16-27)12-6-10-18-8-3-2-4-9-18/h2-5,7-11,19-20H,6,12-16H2,1H3,(H2,25,28). The first-order valence-electron chi connectivity index (χ1n) is 10.3. The highest BCUT2D eigenvalue weighted by atomic mass is 16.2. The number of likely N-dealkylation sites (tertiary alicyclic amines) is 2. The van der Waals surface area contributed by atoms with E-state index in [1.807, 2.05) is 24.0 Å². The second kappa shape index (κ2) is 8.37. The highest BCUT2D eigenvalue weighted by Gasteiger charge is 2.42. The topological polar surface area (TPSA) is 66.6 Å². The Kier molecular flexibility index (Phi) is 5.67. The third kappa shape index (κ3) is 4.20. The van der Waals surface area contributed by atoms with Crippen LogP contribution in [0.5, 0.6) is 0 Å². The molecule has 0 spiro atoms. The van der Waals surface area contributed by atoms with E-state index in [0.29, 0.717) is 23.0 Å². The van der Waals surface area contributed by atoms with Gasteiger partial charge in [-0.05, 0) is 55.3 Å². The third-order valence-electron chi connectivity index (χ3n) is 6.23. The minimum absolute atomic E-state index is 0.0599. The van der Waals surface area contributed by atoms with Gasteiger partial charge in [0.1, 0.15) is 0 Å². The molecule has 2 unspecified atom stereocenters. The number of rotatable bonds is 6. The Balaban J connectivity index is 1.32. The Labute approximate surface area is 172 Å². The van der Waals surface area contributed by atoms with Crippen LogP contribution in [0.4, 0.5) is 0 Å². The van der Waals surface area contributed by atoms with E-state index < -0.39 is 5.91 Å². The molecule has 1 radical (unpaired) electrons. The first-order chi connectivity index (χ1) is 14.0. The summed E-state index contributed by atoms with van der Waals surface area (Å²) in [7, 11) is 0. The number of carbonyl (C=O) groups excluding carboxylic acids is 2. The smallest absolute Gasteiger partial charge is 0.254 e. The molecule has 2 aliphatic rings. The molecule has 0 bridgehead atoms. The van der Waals surface area contributed by atoms with Gasteiger partial charge in [-0.1, -0.05) is 42.5 Å². The number of aryl methyl sites for hydroxylation is 1. The highest BCUT2D eigenvalue weighted by molar-refractivity contribution is 6.07. The molecule has 2 amide bonds. The molecule has 0 aromatic heterocycles. The molecule has 2 aromatic carbocycles. The molecule has 4 rings (SSSR count). The van der Waals surface area contributed by atoms with Gasteiger partial charge in [0.05, 0.1) is 11.1 Å². The molecule has 2 aromatic rings. The molecule has 2 heterocycles. The zero-order valence-electron chi connectivity index (χ0n) is 16.9. The summed E-state index contributed by atoms with van der Waals surface area (Å²) < 4.78 is 0. The van der Waals surface area contributed by atoms with Crippen LogP contribution in [0, 0.1) is 25.2 Å². The molecular formula is C24H28N3O2. The molecule has 5 heteroatoms. The molecular weight excluding hydrogens is 362 g/mol. The molecule has 0 saturated carbocycles. The van der Waals surface area contributed by atoms with Crippen molar-refractivity contribution in [2.45, 2.75) is 13.3 Å². The second-order valence-corrected chi connectivity index (χ2v) is 8.26. The van der Waals surface area contributed by atoms with Crippen LogP contribution in [0.25, 0.3) is 0 Å². The fourth-order valence-electron chi connectivity index (χ4n) is 4.76. The first kappa shape index (κ1) is 19.6. The Bertz CT molecular complexity index is 882. The Morgan fingerprint density at radius 3 is 2.34 bits per heavy atom. The first-order valence-corrected chi connectivity index (χ1v) is 10.3. The predicted molar refractivity (Wildman–Crippen MR) is 113 cm³/mol. The van der Waals surface area contributed by atoms with Crippen molar-refractivity contribution in [3.8, 4) is 0 Å². The van der Waals surface area contributed by atoms with Crippen molar-refractivity contribution >= 4 is 11.8 Å². The van der Waals surface area contributed by atoms with Gasteiger partial charge >= 0.3 is 0 Å². The maximum Gasteiger partial charge on any atom is 0.254 e. The number of nitrogens with zero attached hydrogens (tertiary/aromatic N) is 2. The molecule has 29 heavy (non-hydrogen) atoms. The van der Waals surface area contributed by atoms with Gasteiger partial charge in [-0.25, -0.2) is 0 Å². The Morgan fingerprint density at radius 1 is 1.00 bits per heavy atom. The molecule has 2 aliphatic heterocycles. The number of carbonyl (C=O) groups is 2. The van der Waals surface area contributed by atoms with Crippen LogP contribution < -0.4 is 5.73 Å². The van der Waals surface area contributed by atoms with Crippen molar-refractivity contribution in [1.82, 2.24) is 9.80 Å². The van der Waals surface area contributed by atoms with E-state index in [-0.39, 0.29) is 5.91 Å². The van der Waals surface area contributed by atoms with E-state index in [0.717, 1.165) is 44.7 Å². The number of primary amides is 1. The van der Waals surface area contributed by atoms with Crippen molar-refractivity contribution in [3.05, 3.63) is 77.2 Å². The van der Waals surface area contributed by atoms with E-state index in [1.165, 1.54) is 5.56 Å². The van der Waals surface area contributed by atoms with Crippen molar-refractivity contribution in [3.63, 3.8) is 0 Å². The van der Waals surface area contributed by atoms with Gasteiger partial charge in [-0.3, -0.25) is 9.59 Å². The number of hydrogen-bond donors (Lipinski definition) is 1. The number of fused-ring (bicyclic) bond motifs is 1. The summed E-state index contributed by atoms with van der Waals surface area (Å²) in [5, 5.41) is 0. The monoisotopic (exact) mass is 390 g/mol. The van der Waals surface area contributed by atoms with Crippen molar-refractivity contribution in [2.75, 3.05) is 32.7 Å². The predicted octanol–water partition coefficient (Wildman–Crippen LogP) is 2.74. The molecule has 2 atom stereocenters. The molecule has 5 nitrogen and oxygen atoms in total. The normalized spacial score (nSPS) is 21.3. The highest BCUT2D eigenvalue weighted by Crippen LogP contribution is 2.32. The van der Waals surface area contributed by atoms with Gasteiger partial charge < -0.3 is 15.5 Å². The van der Waals surface area contributed by atoms with Crippen molar-refractivity contribution in [1.29, 1.82) is 0 Å². The van der Waals surface area contributed by atoms with Gasteiger partial charge in [-0.15, -0.1) is 0 Å². The van der Waals surface area contributed by atoms with Crippen LogP contribution in [0.15, 0.2) is 48.5 Å². The summed E-state index contributed by atoms with van der Waals surface area (Å²) in [4.78, 5) is 29.3. The summed E-state index contributed by atoms with van der Waals surface area (Å²) >= 11 is 0. The van der Waals surface area contributed by atoms with Crippen LogP contribution in [-0.4, -0.2) is 54.3 Å². The summed E-state index contributed by atoms with van der Waals surface area (Å²) in [5.74, 6) is 0.418. The average molecular weight is 391 g/mol. The number of hydrogen-bond acceptors (Lipinski definition) is 3. The largest absolute Gasteiger partial charge is 0.366 e. The minimum Gasteiger partial charge on any atom is -0.366 e. The second-order valence-electron chi connectivity index (χ2n) is 8.26. The van der Waals surface area contributed by atoms with Crippen LogP contribution >= 0.6 is 0 Å². The fourth-order valence-corrected chi connectivity index (χ4v) is 4.76. The van der Waals surface area contributed by atoms with E-state index in [9.17, 15) is 9.59 Å². The third-order valence-corrected chi connectivity index (χ3v) is 6.23. The van der Waals surface area contributed by atoms with Crippen LogP contribution in [0.2, 0.25) is 0 Å². The van der Waals surface area contributed by atoms with Gasteiger partial charge in [0.25, 0.3) is 5.91 Å². The number of nitrogens with two attached hydrogens (primary N) is 1. The minimum atomic E-state index is -0.544. The summed E-state index contributed by atoms with van der Waals surface area (Å²) in [6.07, 6.45) is 3.32. The van der Waals surface area contributed by atoms with Crippen LogP contribution in [-0.2, 0) is 0 Å². The van der Waals surface area contributed by atoms with Crippen molar-refractivity contribution in [2.24, 2.45) is 17.6 Å². The van der Waals surface area contributed by atoms with Gasteiger partial charge in [0.15, 0.2) is 0 Å². The van der Waals surface area contributed by atoms with E-state index >= 15 is 0 Å². The van der Waals surface area contributed by atoms with Crippen molar-refractivity contribution < 1.29 is 9.59 Å². The lowest BCUT2D eigenvalue weighted by Crippen LogP contribution is -2.35. The molecule has 2 N–H and O–H groups in total. The zero-order chi connectivity index (χ0) is 20.4. The lowest BCUT2D eigenvalue weighted by molar-refractivity contribution is 0.0768. The summed E-state index contributed by atoms with van der Waals surface area (Å²) in [5.41, 5.74) is 8.37. The van der Waals surface area contributed by atoms with E-state index in [2.05, 4.69) is 35.6 Å². The summed E-state index contributed by atoms with van der Waals surface area (Å²) in [6.45, 7) is 6.51. The Morgan fingerprint density at radius 2 is 1.69 bits per heavy atom. The number of amides is 2. The zero-order valence-corrected chi connectivity index (χ0v) is 16.9. The average Bonchev–Trinajstić information content (AvgIpc) is 3.27. The van der Waals surface area contributed by atoms with Crippen LogP contribution in [0.3, 0.4) is 0 Å². The molecule has 2 saturated heterocycles. The van der Waals surface area contributed by atoms with Gasteiger partial charge in [0, 0.05) is 26.2 Å². The maximum atomic E-state index is 13.1. The summed E-state index contributed by atoms with van der Waals surface area (Å²) in [6, 6.07) is 15.7. The fraction of sp³-hybridized carbons (Fsp3) is 0.375. The lowest BCUT2D eigenvalue weighted by atomic mass is 10.00. The quantitative estimate of drug-likeness (QED) is 0.825. The molecule has 0 aliphatic carbocycles.